The molecule has 0 spiro atoms. The van der Waals surface area contributed by atoms with Crippen LogP contribution < -0.4 is 19.5 Å². The van der Waals surface area contributed by atoms with Gasteiger partial charge in [0.25, 0.3) is 5.91 Å². The Labute approximate surface area is 329 Å². The van der Waals surface area contributed by atoms with Crippen LogP contribution in [0.2, 0.25) is 0 Å². The Morgan fingerprint density at radius 1 is 1.12 bits per heavy atom. The van der Waals surface area contributed by atoms with E-state index in [1.54, 1.807) is 37.3 Å². The highest BCUT2D eigenvalue weighted by molar-refractivity contribution is 7.91. The first-order valence-corrected chi connectivity index (χ1v) is 20.8. The summed E-state index contributed by atoms with van der Waals surface area (Å²) in [6.45, 7) is 4.61. The van der Waals surface area contributed by atoms with Gasteiger partial charge in [-0.15, -0.1) is 0 Å². The lowest BCUT2D eigenvalue weighted by Crippen LogP contribution is -2.66. The van der Waals surface area contributed by atoms with Crippen molar-refractivity contribution in [2.24, 2.45) is 17.8 Å². The molecule has 3 heterocycles. The fraction of sp³-hybridized carbons (Fsp3) is 0.615. The van der Waals surface area contributed by atoms with Gasteiger partial charge in [-0.05, 0) is 82.4 Å². The van der Waals surface area contributed by atoms with Crippen LogP contribution in [-0.4, -0.2) is 106 Å². The van der Waals surface area contributed by atoms with Gasteiger partial charge in [0.1, 0.15) is 35.0 Å². The molecule has 312 valence electrons. The van der Waals surface area contributed by atoms with Crippen LogP contribution in [0.4, 0.5) is 18.0 Å². The number of halogens is 3. The number of carbonyl (C=O) groups excluding carboxylic acids is 3. The zero-order valence-electron chi connectivity index (χ0n) is 32.5. The van der Waals surface area contributed by atoms with Gasteiger partial charge in [-0.25, -0.2) is 18.2 Å². The maximum absolute atomic E-state index is 15.1. The molecule has 2 aliphatic heterocycles. The van der Waals surface area contributed by atoms with Gasteiger partial charge < -0.3 is 24.8 Å². The third kappa shape index (κ3) is 8.23. The fourth-order valence-corrected chi connectivity index (χ4v) is 9.62. The van der Waals surface area contributed by atoms with Crippen LogP contribution >= 0.6 is 0 Å². The summed E-state index contributed by atoms with van der Waals surface area (Å²) in [5.74, 6) is -3.84. The van der Waals surface area contributed by atoms with E-state index in [4.69, 9.17) is 9.47 Å². The van der Waals surface area contributed by atoms with Crippen LogP contribution in [0.15, 0.2) is 42.6 Å². The Morgan fingerprint density at radius 2 is 1.84 bits per heavy atom. The SMILES string of the molecule is CC[C@@H]1C[C@@H](C)CC/C=C\[C@@H]2C[C@@]2(C(=O)NS(=O)(=O)C2CC2)NC(=O)[C@@H]2C[C@@H](Oc3nccc4c(OC)cccc34)CN2C(=O)[C@H]1N(C(=O)O)C(C)(C)C(F)(F)F. The third-order valence-electron chi connectivity index (χ3n) is 11.9. The van der Waals surface area contributed by atoms with Crippen LogP contribution in [0.1, 0.15) is 79.1 Å². The number of rotatable bonds is 9. The van der Waals surface area contributed by atoms with Gasteiger partial charge in [0, 0.05) is 29.3 Å². The van der Waals surface area contributed by atoms with Gasteiger partial charge in [0.2, 0.25) is 27.7 Å². The van der Waals surface area contributed by atoms with Crippen molar-refractivity contribution in [3.63, 3.8) is 0 Å². The lowest BCUT2D eigenvalue weighted by atomic mass is 9.82. The molecule has 57 heavy (non-hydrogen) atoms. The number of benzene rings is 1. The molecule has 7 atom stereocenters. The van der Waals surface area contributed by atoms with E-state index in [1.807, 2.05) is 13.0 Å². The van der Waals surface area contributed by atoms with Crippen LogP contribution in [0.5, 0.6) is 11.6 Å². The molecule has 14 nitrogen and oxygen atoms in total. The monoisotopic (exact) mass is 821 g/mol. The molecule has 1 aromatic carbocycles. The van der Waals surface area contributed by atoms with E-state index in [2.05, 4.69) is 15.0 Å². The number of ether oxygens (including phenoxy) is 2. The smallest absolute Gasteiger partial charge is 0.411 e. The number of carbonyl (C=O) groups is 4. The van der Waals surface area contributed by atoms with E-state index in [1.165, 1.54) is 13.3 Å². The van der Waals surface area contributed by atoms with Crippen molar-refractivity contribution in [1.29, 1.82) is 0 Å². The molecule has 3 fully saturated rings. The summed E-state index contributed by atoms with van der Waals surface area (Å²) >= 11 is 0. The molecule has 4 amide bonds. The molecule has 0 bridgehead atoms. The molecule has 18 heteroatoms. The summed E-state index contributed by atoms with van der Waals surface area (Å²) in [5, 5.41) is 13.7. The topological polar surface area (TPSA) is 185 Å². The van der Waals surface area contributed by atoms with Crippen molar-refractivity contribution in [2.75, 3.05) is 13.7 Å². The summed E-state index contributed by atoms with van der Waals surface area (Å²) in [7, 11) is -2.52. The molecule has 6 rings (SSSR count). The van der Waals surface area contributed by atoms with E-state index in [9.17, 15) is 41.1 Å². The van der Waals surface area contributed by atoms with Gasteiger partial charge in [-0.3, -0.25) is 24.0 Å². The zero-order valence-corrected chi connectivity index (χ0v) is 33.4. The van der Waals surface area contributed by atoms with Gasteiger partial charge >= 0.3 is 12.3 Å². The Morgan fingerprint density at radius 3 is 2.47 bits per heavy atom. The summed E-state index contributed by atoms with van der Waals surface area (Å²) in [5.41, 5.74) is -4.73. The van der Waals surface area contributed by atoms with Crippen LogP contribution in [0.3, 0.4) is 0 Å². The van der Waals surface area contributed by atoms with Gasteiger partial charge in [0.15, 0.2) is 0 Å². The van der Waals surface area contributed by atoms with Crippen molar-refractivity contribution in [3.05, 3.63) is 42.6 Å². The first-order valence-electron chi connectivity index (χ1n) is 19.3. The van der Waals surface area contributed by atoms with Crippen molar-refractivity contribution >= 4 is 44.6 Å². The summed E-state index contributed by atoms with van der Waals surface area (Å²) in [6.07, 6.45) is -1.03. The number of pyridine rings is 1. The van der Waals surface area contributed by atoms with Crippen molar-refractivity contribution in [1.82, 2.24) is 24.8 Å². The number of aromatic nitrogens is 1. The summed E-state index contributed by atoms with van der Waals surface area (Å²) < 4.78 is 84.0. The van der Waals surface area contributed by atoms with Crippen molar-refractivity contribution in [3.8, 4) is 11.6 Å². The summed E-state index contributed by atoms with van der Waals surface area (Å²) in [4.78, 5) is 62.0. The number of fused-ring (bicyclic) bond motifs is 3. The van der Waals surface area contributed by atoms with Gasteiger partial charge in [-0.1, -0.05) is 38.5 Å². The van der Waals surface area contributed by atoms with Gasteiger partial charge in [-0.2, -0.15) is 13.2 Å². The first-order chi connectivity index (χ1) is 26.8. The van der Waals surface area contributed by atoms with Crippen LogP contribution in [-0.2, 0) is 24.4 Å². The van der Waals surface area contributed by atoms with E-state index in [0.29, 0.717) is 56.1 Å². The average Bonchev–Trinajstić information content (AvgIpc) is 4.07. The number of methoxy groups -OCH3 is 1. The number of hydrogen-bond donors (Lipinski definition) is 3. The van der Waals surface area contributed by atoms with Crippen molar-refractivity contribution in [2.45, 2.75) is 120 Å². The van der Waals surface area contributed by atoms with Crippen molar-refractivity contribution < 1.29 is 55.3 Å². The number of nitrogens with zero attached hydrogens (tertiary/aromatic N) is 3. The first kappa shape index (κ1) is 42.0. The Bertz CT molecular complexity index is 2040. The van der Waals surface area contributed by atoms with E-state index in [0.717, 1.165) is 4.90 Å². The van der Waals surface area contributed by atoms with Crippen LogP contribution in [0, 0.1) is 17.8 Å². The lowest BCUT2D eigenvalue weighted by molar-refractivity contribution is -0.222. The summed E-state index contributed by atoms with van der Waals surface area (Å²) in [6, 6.07) is 3.57. The third-order valence-corrected chi connectivity index (χ3v) is 13.8. The number of nitrogens with one attached hydrogen (secondary N) is 2. The Hall–Kier alpha value is -4.61. The normalized spacial score (nSPS) is 29.2. The minimum atomic E-state index is -5.09. The quantitative estimate of drug-likeness (QED) is 0.286. The van der Waals surface area contributed by atoms with E-state index in [-0.39, 0.29) is 48.9 Å². The number of carboxylic acid groups (broad SMARTS) is 1. The highest BCUT2D eigenvalue weighted by atomic mass is 32.2. The molecule has 2 aliphatic carbocycles. The molecule has 0 unspecified atom stereocenters. The highest BCUT2D eigenvalue weighted by Crippen LogP contribution is 2.47. The maximum Gasteiger partial charge on any atom is 0.411 e. The standard InChI is InChI=1S/C39H50F3N5O9S/c1-6-23-18-22(2)10-7-8-11-24-20-38(24,35(50)45-57(53,54)26-14-15-26)44-32(48)29-19-25(56-33-28-12-9-13-30(55-5)27(28)16-17-43-33)21-46(29)34(49)31(23)47(36(51)52)37(3,4)39(40,41)42/h8-9,11-13,16-17,22-26,29,31H,6-7,10,14-15,18-21H2,1-5H3,(H,44,48)(H,45,50)(H,51,52)/b11-8-/t22-,23+,24+,25+,29-,31-,38+/m0/s1. The second kappa shape index (κ2) is 15.6. The fourth-order valence-electron chi connectivity index (χ4n) is 8.25. The zero-order chi connectivity index (χ0) is 41.7. The van der Waals surface area contributed by atoms with E-state index >= 15 is 4.79 Å². The second-order valence-electron chi connectivity index (χ2n) is 16.3. The molecule has 3 N–H and O–H groups in total. The lowest BCUT2D eigenvalue weighted by Gasteiger charge is -2.46. The minimum Gasteiger partial charge on any atom is -0.496 e. The van der Waals surface area contributed by atoms with E-state index < -0.39 is 86.4 Å². The van der Waals surface area contributed by atoms with Gasteiger partial charge in [0.05, 0.1) is 18.9 Å². The molecular weight excluding hydrogens is 772 g/mol. The predicted molar refractivity (Wildman–Crippen MR) is 202 cm³/mol. The number of amides is 4. The van der Waals surface area contributed by atoms with Crippen LogP contribution in [0.25, 0.3) is 10.8 Å². The predicted octanol–water partition coefficient (Wildman–Crippen LogP) is 5.17. The highest BCUT2D eigenvalue weighted by Gasteiger charge is 2.63. The largest absolute Gasteiger partial charge is 0.496 e. The minimum absolute atomic E-state index is 0.0618. The maximum atomic E-state index is 15.1. The second-order valence-corrected chi connectivity index (χ2v) is 18.2. The molecular formula is C39H50F3N5O9S. The molecule has 1 aromatic heterocycles. The number of hydrogen-bond acceptors (Lipinski definition) is 9. The number of alkyl halides is 3. The number of sulfonamides is 1. The Balaban J connectivity index is 1.44. The Kier molecular flexibility index (Phi) is 11.5. The molecule has 1 saturated heterocycles. The molecule has 2 saturated carbocycles. The average molecular weight is 822 g/mol. The molecule has 0 radical (unpaired) electrons. The number of allylic oxidation sites excluding steroid dienone is 1. The molecule has 4 aliphatic rings. The molecule has 2 aromatic rings.